The second kappa shape index (κ2) is 6.23. The molecule has 21 heavy (non-hydrogen) atoms. The molecule has 1 aromatic heterocycles. The zero-order chi connectivity index (χ0) is 15.3. The predicted molar refractivity (Wildman–Crippen MR) is 77.3 cm³/mol. The third-order valence-electron chi connectivity index (χ3n) is 2.47. The summed E-state index contributed by atoms with van der Waals surface area (Å²) in [5.74, 6) is -0.795. The minimum absolute atomic E-state index is 0.0552. The molecule has 1 N–H and O–H groups in total. The normalized spacial score (nSPS) is 10.9. The Balaban J connectivity index is 2.38. The van der Waals surface area contributed by atoms with Crippen molar-refractivity contribution in [2.45, 2.75) is 0 Å². The summed E-state index contributed by atoms with van der Waals surface area (Å²) in [6, 6.07) is 6.24. The number of carbonyl (C=O) groups excluding carboxylic acids is 1. The zero-order valence-corrected chi connectivity index (χ0v) is 11.7. The average molecular weight is 304 g/mol. The molecule has 0 saturated heterocycles. The van der Waals surface area contributed by atoms with Crippen LogP contribution < -0.4 is 4.72 Å². The van der Waals surface area contributed by atoms with E-state index in [-0.39, 0.29) is 22.8 Å². The molecule has 0 amide bonds. The lowest BCUT2D eigenvalue weighted by molar-refractivity contribution is 0.103. The number of anilines is 1. The molecule has 0 atom stereocenters. The molecule has 0 aliphatic carbocycles. The number of aromatic nitrogens is 3. The number of para-hydroxylation sites is 1. The van der Waals surface area contributed by atoms with Gasteiger partial charge >= 0.3 is 0 Å². The number of hydrogen-bond donors (Lipinski definition) is 1. The Morgan fingerprint density at radius 3 is 2.57 bits per heavy atom. The fourth-order valence-corrected chi connectivity index (χ4v) is 2.52. The number of nitrogens with one attached hydrogen (secondary N) is 1. The smallest absolute Gasteiger partial charge is 0.236 e. The van der Waals surface area contributed by atoms with Gasteiger partial charge in [-0.3, -0.25) is 9.52 Å². The van der Waals surface area contributed by atoms with Crippen LogP contribution >= 0.6 is 0 Å². The molecule has 0 spiro atoms. The first-order valence-electron chi connectivity index (χ1n) is 5.90. The van der Waals surface area contributed by atoms with E-state index < -0.39 is 15.8 Å². The second-order valence-corrected chi connectivity index (χ2v) is 5.78. The van der Waals surface area contributed by atoms with Gasteiger partial charge in [-0.25, -0.2) is 23.4 Å². The molecule has 1 heterocycles. The number of carbonyl (C=O) groups is 1. The summed E-state index contributed by atoms with van der Waals surface area (Å²) >= 11 is 0. The standard InChI is InChI=1S/C13H12N4O3S/c1-2-7-21(19,20)17-11-6-4-3-5-10(11)12(18)13-15-8-14-9-16-13/h2-6,8-9,17H,1,7H2. The van der Waals surface area contributed by atoms with Crippen molar-refractivity contribution in [1.29, 1.82) is 0 Å². The Kier molecular flexibility index (Phi) is 4.39. The third kappa shape index (κ3) is 3.69. The number of nitrogens with zero attached hydrogens (tertiary/aromatic N) is 3. The molecule has 0 aliphatic heterocycles. The summed E-state index contributed by atoms with van der Waals surface area (Å²) in [7, 11) is -3.60. The minimum Gasteiger partial charge on any atom is -0.285 e. The van der Waals surface area contributed by atoms with E-state index in [0.29, 0.717) is 0 Å². The number of sulfonamides is 1. The summed E-state index contributed by atoms with van der Waals surface area (Å²) < 4.78 is 25.9. The first-order chi connectivity index (χ1) is 10.0. The summed E-state index contributed by atoms with van der Waals surface area (Å²) in [5.41, 5.74) is 0.334. The summed E-state index contributed by atoms with van der Waals surface area (Å²) in [6.07, 6.45) is 3.66. The first kappa shape index (κ1) is 14.8. The molecule has 0 radical (unpaired) electrons. The van der Waals surface area contributed by atoms with Crippen LogP contribution in [0.2, 0.25) is 0 Å². The molecule has 2 rings (SSSR count). The number of ketones is 1. The monoisotopic (exact) mass is 304 g/mol. The van der Waals surface area contributed by atoms with Crippen molar-refractivity contribution in [2.24, 2.45) is 0 Å². The van der Waals surface area contributed by atoms with Crippen LogP contribution in [0.4, 0.5) is 5.69 Å². The molecule has 2 aromatic rings. The van der Waals surface area contributed by atoms with Gasteiger partial charge in [-0.05, 0) is 12.1 Å². The van der Waals surface area contributed by atoms with Crippen LogP contribution in [0, 0.1) is 0 Å². The van der Waals surface area contributed by atoms with Crippen molar-refractivity contribution in [3.8, 4) is 0 Å². The van der Waals surface area contributed by atoms with Gasteiger partial charge in [0.1, 0.15) is 12.7 Å². The van der Waals surface area contributed by atoms with Gasteiger partial charge in [0.25, 0.3) is 0 Å². The average Bonchev–Trinajstić information content (AvgIpc) is 2.47. The maximum absolute atomic E-state index is 12.3. The molecule has 0 aliphatic rings. The Hall–Kier alpha value is -2.61. The lowest BCUT2D eigenvalue weighted by Crippen LogP contribution is -2.18. The quantitative estimate of drug-likeness (QED) is 0.631. The van der Waals surface area contributed by atoms with Crippen LogP contribution in [0.5, 0.6) is 0 Å². The lowest BCUT2D eigenvalue weighted by atomic mass is 10.1. The Morgan fingerprint density at radius 2 is 1.90 bits per heavy atom. The van der Waals surface area contributed by atoms with Crippen molar-refractivity contribution >= 4 is 21.5 Å². The SMILES string of the molecule is C=CCS(=O)(=O)Nc1ccccc1C(=O)c1ncncn1. The number of benzene rings is 1. The lowest BCUT2D eigenvalue weighted by Gasteiger charge is -2.10. The highest BCUT2D eigenvalue weighted by Gasteiger charge is 2.18. The topological polar surface area (TPSA) is 102 Å². The number of rotatable bonds is 6. The Bertz CT molecular complexity index is 760. The van der Waals surface area contributed by atoms with Gasteiger partial charge in [-0.2, -0.15) is 0 Å². The maximum atomic E-state index is 12.3. The van der Waals surface area contributed by atoms with Gasteiger partial charge in [-0.1, -0.05) is 18.2 Å². The van der Waals surface area contributed by atoms with Crippen LogP contribution in [0.3, 0.4) is 0 Å². The molecular formula is C13H12N4O3S. The van der Waals surface area contributed by atoms with E-state index in [4.69, 9.17) is 0 Å². The van der Waals surface area contributed by atoms with Gasteiger partial charge in [-0.15, -0.1) is 6.58 Å². The third-order valence-corrected chi connectivity index (χ3v) is 3.68. The van der Waals surface area contributed by atoms with Crippen LogP contribution in [0.1, 0.15) is 16.2 Å². The van der Waals surface area contributed by atoms with Crippen molar-refractivity contribution in [3.63, 3.8) is 0 Å². The van der Waals surface area contributed by atoms with E-state index in [1.54, 1.807) is 12.1 Å². The molecule has 1 aromatic carbocycles. The van der Waals surface area contributed by atoms with Crippen molar-refractivity contribution in [2.75, 3.05) is 10.5 Å². The van der Waals surface area contributed by atoms with Gasteiger partial charge in [0.2, 0.25) is 21.6 Å². The van der Waals surface area contributed by atoms with Crippen LogP contribution in [0.15, 0.2) is 49.6 Å². The van der Waals surface area contributed by atoms with E-state index in [1.165, 1.54) is 30.9 Å². The van der Waals surface area contributed by atoms with Crippen molar-refractivity contribution in [1.82, 2.24) is 15.0 Å². The number of hydrogen-bond acceptors (Lipinski definition) is 6. The minimum atomic E-state index is -3.60. The molecule has 7 nitrogen and oxygen atoms in total. The summed E-state index contributed by atoms with van der Waals surface area (Å²) in [4.78, 5) is 23.5. The molecule has 0 saturated carbocycles. The molecule has 108 valence electrons. The van der Waals surface area contributed by atoms with E-state index >= 15 is 0 Å². The van der Waals surface area contributed by atoms with Gasteiger partial charge in [0.05, 0.1) is 17.0 Å². The first-order valence-corrected chi connectivity index (χ1v) is 7.56. The van der Waals surface area contributed by atoms with Crippen LogP contribution in [0.25, 0.3) is 0 Å². The van der Waals surface area contributed by atoms with E-state index in [9.17, 15) is 13.2 Å². The molecule has 0 unspecified atom stereocenters. The molecule has 0 fully saturated rings. The fraction of sp³-hybridized carbons (Fsp3) is 0.0769. The van der Waals surface area contributed by atoms with Gasteiger partial charge < -0.3 is 0 Å². The van der Waals surface area contributed by atoms with E-state index in [1.807, 2.05) is 0 Å². The Labute approximate surface area is 121 Å². The van der Waals surface area contributed by atoms with Crippen molar-refractivity contribution < 1.29 is 13.2 Å². The van der Waals surface area contributed by atoms with Gasteiger partial charge in [0, 0.05) is 0 Å². The summed E-state index contributed by atoms with van der Waals surface area (Å²) in [5, 5.41) is 0. The van der Waals surface area contributed by atoms with E-state index in [0.717, 1.165) is 0 Å². The van der Waals surface area contributed by atoms with Gasteiger partial charge in [0.15, 0.2) is 0 Å². The summed E-state index contributed by atoms with van der Waals surface area (Å²) in [6.45, 7) is 3.38. The Morgan fingerprint density at radius 1 is 1.24 bits per heavy atom. The highest BCUT2D eigenvalue weighted by Crippen LogP contribution is 2.19. The molecule has 0 bridgehead atoms. The van der Waals surface area contributed by atoms with Crippen molar-refractivity contribution in [3.05, 3.63) is 61.0 Å². The van der Waals surface area contributed by atoms with Crippen LogP contribution in [-0.4, -0.2) is 34.9 Å². The molecule has 8 heteroatoms. The second-order valence-electron chi connectivity index (χ2n) is 4.01. The molecular weight excluding hydrogens is 292 g/mol. The highest BCUT2D eigenvalue weighted by atomic mass is 32.2. The fourth-order valence-electron chi connectivity index (χ4n) is 1.61. The maximum Gasteiger partial charge on any atom is 0.236 e. The van der Waals surface area contributed by atoms with E-state index in [2.05, 4.69) is 26.3 Å². The largest absolute Gasteiger partial charge is 0.285 e. The highest BCUT2D eigenvalue weighted by molar-refractivity contribution is 7.92. The zero-order valence-electron chi connectivity index (χ0n) is 10.9. The van der Waals surface area contributed by atoms with Crippen LogP contribution in [-0.2, 0) is 10.0 Å². The predicted octanol–water partition coefficient (Wildman–Crippen LogP) is 1.03.